The second-order valence-corrected chi connectivity index (χ2v) is 9.54. The van der Waals surface area contributed by atoms with E-state index in [1.54, 1.807) is 0 Å². The third-order valence-corrected chi connectivity index (χ3v) is 6.50. The van der Waals surface area contributed by atoms with Crippen LogP contribution in [0.1, 0.15) is 58.1 Å². The van der Waals surface area contributed by atoms with Gasteiger partial charge in [0.1, 0.15) is 0 Å². The lowest BCUT2D eigenvalue weighted by Crippen LogP contribution is -2.21. The smallest absolute Gasteiger partial charge is 0.248 e. The summed E-state index contributed by atoms with van der Waals surface area (Å²) in [5.41, 5.74) is 12.8. The van der Waals surface area contributed by atoms with Gasteiger partial charge >= 0.3 is 0 Å². The van der Waals surface area contributed by atoms with Crippen molar-refractivity contribution in [2.75, 3.05) is 24.6 Å². The molecule has 0 unspecified atom stereocenters. The van der Waals surface area contributed by atoms with Crippen molar-refractivity contribution >= 4 is 23.4 Å². The fourth-order valence-corrected chi connectivity index (χ4v) is 4.35. The number of benzene rings is 3. The van der Waals surface area contributed by atoms with Crippen LogP contribution in [0.25, 0.3) is 17.2 Å². The molecule has 4 nitrogen and oxygen atoms in total. The number of nitrogens with two attached hydrogens (primary N) is 1. The molecule has 0 bridgehead atoms. The number of anilines is 2. The molecule has 1 amide bonds. The molecule has 0 radical (unpaired) electrons. The Bertz CT molecular complexity index is 1160. The zero-order chi connectivity index (χ0) is 27.9. The Labute approximate surface area is 230 Å². The molecule has 3 aromatic carbocycles. The van der Waals surface area contributed by atoms with Gasteiger partial charge in [0, 0.05) is 19.2 Å². The predicted octanol–water partition coefficient (Wildman–Crippen LogP) is 8.43. The van der Waals surface area contributed by atoms with Crippen LogP contribution in [-0.2, 0) is 11.3 Å². The highest BCUT2D eigenvalue weighted by Gasteiger charge is 2.09. The third-order valence-electron chi connectivity index (χ3n) is 6.50. The molecule has 3 aromatic rings. The fraction of sp³-hybridized carbons (Fsp3) is 0.324. The Hall–Kier alpha value is -3.63. The van der Waals surface area contributed by atoms with Gasteiger partial charge in [-0.3, -0.25) is 9.69 Å². The van der Waals surface area contributed by atoms with E-state index in [1.165, 1.54) is 30.1 Å². The number of amides is 1. The van der Waals surface area contributed by atoms with Crippen molar-refractivity contribution in [3.05, 3.63) is 102 Å². The van der Waals surface area contributed by atoms with Gasteiger partial charge in [0.05, 0.1) is 11.4 Å². The van der Waals surface area contributed by atoms with Gasteiger partial charge in [-0.15, -0.1) is 0 Å². The summed E-state index contributed by atoms with van der Waals surface area (Å²) in [4.78, 5) is 14.9. The third kappa shape index (κ3) is 10.0. The number of nitrogens with zero attached hydrogens (tertiary/aromatic N) is 1. The molecule has 3 N–H and O–H groups in total. The molecule has 3 rings (SSSR count). The van der Waals surface area contributed by atoms with Crippen LogP contribution in [-0.4, -0.2) is 24.4 Å². The molecule has 0 fully saturated rings. The SMILES string of the molecule is C=C(CC(CC)CC)CN(C)Cc1ccc(/C=C/C(=O)Nc2cc(-c3ccccc3)ccc2N)cc1.CC. The van der Waals surface area contributed by atoms with Crippen molar-refractivity contribution in [2.24, 2.45) is 5.92 Å². The second kappa shape index (κ2) is 16.3. The molecule has 0 aliphatic carbocycles. The number of hydrogen-bond donors (Lipinski definition) is 2. The first-order valence-corrected chi connectivity index (χ1v) is 13.8. The van der Waals surface area contributed by atoms with Crippen molar-refractivity contribution in [3.63, 3.8) is 0 Å². The molecule has 0 saturated heterocycles. The van der Waals surface area contributed by atoms with E-state index in [1.807, 2.05) is 80.6 Å². The molecule has 0 aromatic heterocycles. The summed E-state index contributed by atoms with van der Waals surface area (Å²) in [6.45, 7) is 14.6. The number of likely N-dealkylation sites (N-methyl/N-ethyl adjacent to an activating group) is 1. The number of nitrogens with one attached hydrogen (secondary N) is 1. The van der Waals surface area contributed by atoms with Gasteiger partial charge in [0.15, 0.2) is 0 Å². The average Bonchev–Trinajstić information content (AvgIpc) is 2.94. The molecule has 0 atom stereocenters. The fourth-order valence-electron chi connectivity index (χ4n) is 4.35. The van der Waals surface area contributed by atoms with Gasteiger partial charge in [0.2, 0.25) is 5.91 Å². The quantitative estimate of drug-likeness (QED) is 0.146. The first kappa shape index (κ1) is 30.6. The van der Waals surface area contributed by atoms with Crippen molar-refractivity contribution in [2.45, 2.75) is 53.5 Å². The molecular weight excluding hydrogens is 466 g/mol. The minimum absolute atomic E-state index is 0.216. The normalized spacial score (nSPS) is 10.9. The van der Waals surface area contributed by atoms with E-state index in [4.69, 9.17) is 5.73 Å². The lowest BCUT2D eigenvalue weighted by Gasteiger charge is -2.21. The largest absolute Gasteiger partial charge is 0.397 e. The Morgan fingerprint density at radius 3 is 2.26 bits per heavy atom. The molecule has 4 heteroatoms. The molecule has 0 aliphatic rings. The lowest BCUT2D eigenvalue weighted by molar-refractivity contribution is -0.111. The number of carbonyl (C=O) groups excluding carboxylic acids is 1. The summed E-state index contributed by atoms with van der Waals surface area (Å²) < 4.78 is 0. The maximum atomic E-state index is 12.6. The summed E-state index contributed by atoms with van der Waals surface area (Å²) in [7, 11) is 2.13. The van der Waals surface area contributed by atoms with E-state index >= 15 is 0 Å². The van der Waals surface area contributed by atoms with Crippen LogP contribution in [0.5, 0.6) is 0 Å². The summed E-state index contributed by atoms with van der Waals surface area (Å²) in [6.07, 6.45) is 6.87. The molecule has 0 saturated carbocycles. The summed E-state index contributed by atoms with van der Waals surface area (Å²) >= 11 is 0. The summed E-state index contributed by atoms with van der Waals surface area (Å²) in [5, 5.41) is 2.90. The van der Waals surface area contributed by atoms with Gasteiger partial charge in [-0.2, -0.15) is 0 Å². The Morgan fingerprint density at radius 1 is 0.974 bits per heavy atom. The van der Waals surface area contributed by atoms with Crippen LogP contribution in [0.4, 0.5) is 11.4 Å². The van der Waals surface area contributed by atoms with E-state index in [0.717, 1.165) is 42.1 Å². The zero-order valence-corrected chi connectivity index (χ0v) is 23.8. The van der Waals surface area contributed by atoms with Gasteiger partial charge in [-0.25, -0.2) is 0 Å². The standard InChI is InChI=1S/C32H39N3O.C2H6/c1-5-25(6-2)20-24(3)22-35(4)23-27-14-12-26(13-15-27)16-19-32(36)34-31-21-29(17-18-30(31)33)28-10-8-7-9-11-28;1-2/h7-19,21,25H,3,5-6,20,22-23,33H2,1-2,4H3,(H,34,36);1-2H3/b19-16+;. The van der Waals surface area contributed by atoms with E-state index in [-0.39, 0.29) is 5.91 Å². The first-order valence-electron chi connectivity index (χ1n) is 13.8. The van der Waals surface area contributed by atoms with Crippen LogP contribution in [0.2, 0.25) is 0 Å². The molecule has 202 valence electrons. The van der Waals surface area contributed by atoms with Gasteiger partial charge < -0.3 is 11.1 Å². The number of rotatable bonds is 12. The number of hydrogen-bond acceptors (Lipinski definition) is 3. The summed E-state index contributed by atoms with van der Waals surface area (Å²) in [5.74, 6) is 0.519. The first-order chi connectivity index (χ1) is 18.4. The van der Waals surface area contributed by atoms with Crippen molar-refractivity contribution < 1.29 is 4.79 Å². The van der Waals surface area contributed by atoms with E-state index in [9.17, 15) is 4.79 Å². The summed E-state index contributed by atoms with van der Waals surface area (Å²) in [6, 6.07) is 24.0. The van der Waals surface area contributed by atoms with Crippen LogP contribution in [0.15, 0.2) is 91.0 Å². The molecule has 0 aliphatic heterocycles. The van der Waals surface area contributed by atoms with Crippen LogP contribution in [0.3, 0.4) is 0 Å². The molecule has 38 heavy (non-hydrogen) atoms. The second-order valence-electron chi connectivity index (χ2n) is 9.54. The van der Waals surface area contributed by atoms with Crippen molar-refractivity contribution in [1.82, 2.24) is 4.90 Å². The topological polar surface area (TPSA) is 58.4 Å². The van der Waals surface area contributed by atoms with E-state index in [0.29, 0.717) is 11.4 Å². The highest BCUT2D eigenvalue weighted by atomic mass is 16.1. The minimum atomic E-state index is -0.216. The average molecular weight is 512 g/mol. The molecule has 0 spiro atoms. The minimum Gasteiger partial charge on any atom is -0.397 e. The Morgan fingerprint density at radius 2 is 1.63 bits per heavy atom. The van der Waals surface area contributed by atoms with Gasteiger partial charge in [-0.05, 0) is 59.8 Å². The monoisotopic (exact) mass is 511 g/mol. The highest BCUT2D eigenvalue weighted by Crippen LogP contribution is 2.27. The van der Waals surface area contributed by atoms with Gasteiger partial charge in [-0.1, -0.05) is 113 Å². The Balaban J connectivity index is 0.00000247. The number of carbonyl (C=O) groups is 1. The maximum Gasteiger partial charge on any atom is 0.248 e. The molecular formula is C34H45N3O. The lowest BCUT2D eigenvalue weighted by atomic mass is 9.95. The highest BCUT2D eigenvalue weighted by molar-refractivity contribution is 6.04. The van der Waals surface area contributed by atoms with Crippen molar-refractivity contribution in [3.8, 4) is 11.1 Å². The van der Waals surface area contributed by atoms with Gasteiger partial charge in [0.25, 0.3) is 0 Å². The Kier molecular flexibility index (Phi) is 13.1. The maximum absolute atomic E-state index is 12.6. The van der Waals surface area contributed by atoms with E-state index < -0.39 is 0 Å². The van der Waals surface area contributed by atoms with E-state index in [2.05, 4.69) is 49.8 Å². The van der Waals surface area contributed by atoms with Crippen LogP contribution in [0, 0.1) is 5.92 Å². The number of nitrogen functional groups attached to an aromatic ring is 1. The van der Waals surface area contributed by atoms with Crippen LogP contribution >= 0.6 is 0 Å². The van der Waals surface area contributed by atoms with Crippen LogP contribution < -0.4 is 11.1 Å². The predicted molar refractivity (Wildman–Crippen MR) is 166 cm³/mol. The molecule has 0 heterocycles. The zero-order valence-electron chi connectivity index (χ0n) is 23.8. The van der Waals surface area contributed by atoms with Crippen molar-refractivity contribution in [1.29, 1.82) is 0 Å².